The Bertz CT molecular complexity index is 58.9. The molecule has 0 aliphatic heterocycles. The van der Waals surface area contributed by atoms with Crippen molar-refractivity contribution in [3.8, 4) is 0 Å². The van der Waals surface area contributed by atoms with Crippen molar-refractivity contribution >= 4 is 19.3 Å². The molecule has 0 saturated heterocycles. The fourth-order valence-corrected chi connectivity index (χ4v) is 0.160. The Labute approximate surface area is 48.0 Å². The van der Waals surface area contributed by atoms with E-state index in [2.05, 4.69) is 11.2 Å². The molecule has 0 aliphatic carbocycles. The summed E-state index contributed by atoms with van der Waals surface area (Å²) in [6.45, 7) is 3.29. The molecule has 0 bridgehead atoms. The molecule has 0 spiro atoms. The second-order valence-corrected chi connectivity index (χ2v) is 1.26. The van der Waals surface area contributed by atoms with E-state index in [4.69, 9.17) is 16.6 Å². The zero-order chi connectivity index (χ0) is 5.70. The van der Waals surface area contributed by atoms with Crippen molar-refractivity contribution < 1.29 is 9.68 Å². The molecule has 0 aliphatic rings. The van der Waals surface area contributed by atoms with Gasteiger partial charge in [0.05, 0.1) is 0 Å². The predicted octanol–water partition coefficient (Wildman–Crippen LogP) is 0.280. The highest BCUT2D eigenvalue weighted by Gasteiger charge is 1.94. The van der Waals surface area contributed by atoms with Gasteiger partial charge in [-0.1, -0.05) is 18.2 Å². The molecule has 0 amide bonds. The Hall–Kier alpha value is 0.0149. The molecule has 7 heavy (non-hydrogen) atoms. The van der Waals surface area contributed by atoms with Crippen LogP contribution in [0.25, 0.3) is 0 Å². The van der Waals surface area contributed by atoms with Crippen LogP contribution < -0.4 is 0 Å². The van der Waals surface area contributed by atoms with E-state index < -0.39 is 5.56 Å². The summed E-state index contributed by atoms with van der Waals surface area (Å²) >= 11 is 5.23. The average molecular weight is 119 g/mol. The maximum absolute atomic E-state index is 7.89. The first kappa shape index (κ1) is 7.01. The van der Waals surface area contributed by atoms with Crippen LogP contribution >= 0.6 is 11.6 Å². The van der Waals surface area contributed by atoms with Crippen LogP contribution in [0.1, 0.15) is 0 Å². The Morgan fingerprint density at radius 3 is 2.71 bits per heavy atom. The van der Waals surface area contributed by atoms with E-state index in [0.29, 0.717) is 7.69 Å². The Kier molecular flexibility index (Phi) is 4.19. The van der Waals surface area contributed by atoms with E-state index in [-0.39, 0.29) is 0 Å². The molecule has 0 aromatic carbocycles. The first-order valence-electron chi connectivity index (χ1n) is 1.69. The second kappa shape index (κ2) is 4.18. The van der Waals surface area contributed by atoms with Crippen molar-refractivity contribution in [2.24, 2.45) is 0 Å². The van der Waals surface area contributed by atoms with Crippen molar-refractivity contribution in [1.82, 2.24) is 0 Å². The summed E-state index contributed by atoms with van der Waals surface area (Å²) in [5.41, 5.74) is -0.620. The fourth-order valence-electron chi connectivity index (χ4n) is 0.114. The third-order valence-corrected chi connectivity index (χ3v) is 0.657. The molecule has 0 fully saturated rings. The van der Waals surface area contributed by atoms with Gasteiger partial charge in [-0.25, -0.2) is 0 Å². The summed E-state index contributed by atoms with van der Waals surface area (Å²) in [5.74, 6) is 0. The highest BCUT2D eigenvalue weighted by Crippen LogP contribution is 1.94. The molecule has 0 aromatic rings. The number of hydrogen-bond donors (Lipinski definition) is 1. The predicted molar refractivity (Wildman–Crippen MR) is 28.9 cm³/mol. The van der Waals surface area contributed by atoms with Gasteiger partial charge in [-0.05, 0) is 6.08 Å². The van der Waals surface area contributed by atoms with Crippen LogP contribution in [0.4, 0.5) is 0 Å². The third kappa shape index (κ3) is 3.86. The zero-order valence-corrected chi connectivity index (χ0v) is 4.43. The summed E-state index contributed by atoms with van der Waals surface area (Å²) < 4.78 is 4.27. The molecule has 0 saturated carbocycles. The summed E-state index contributed by atoms with van der Waals surface area (Å²) in [4.78, 5) is 0. The van der Waals surface area contributed by atoms with Gasteiger partial charge < -0.3 is 9.68 Å². The molecule has 1 atom stereocenters. The standard InChI is InChI=1S/C3H5BClO2/c1-2-3(5)7-4-6/h2-3,6H,1H2. The second-order valence-electron chi connectivity index (χ2n) is 0.828. The van der Waals surface area contributed by atoms with Gasteiger partial charge in [0.2, 0.25) is 0 Å². The van der Waals surface area contributed by atoms with E-state index >= 15 is 0 Å². The van der Waals surface area contributed by atoms with Crippen LogP contribution in [-0.2, 0) is 4.65 Å². The van der Waals surface area contributed by atoms with E-state index in [9.17, 15) is 0 Å². The number of hydrogen-bond acceptors (Lipinski definition) is 2. The number of halogens is 1. The van der Waals surface area contributed by atoms with E-state index in [1.54, 1.807) is 0 Å². The molecule has 0 aromatic heterocycles. The summed E-state index contributed by atoms with van der Waals surface area (Å²) in [6.07, 6.45) is 1.36. The van der Waals surface area contributed by atoms with Gasteiger partial charge in [-0.3, -0.25) is 0 Å². The van der Waals surface area contributed by atoms with Crippen molar-refractivity contribution in [1.29, 1.82) is 0 Å². The first-order valence-corrected chi connectivity index (χ1v) is 2.13. The normalized spacial score (nSPS) is 12.9. The highest BCUT2D eigenvalue weighted by molar-refractivity contribution is 6.24. The highest BCUT2D eigenvalue weighted by atomic mass is 35.5. The Morgan fingerprint density at radius 2 is 2.57 bits per heavy atom. The number of alkyl halides is 1. The number of rotatable bonds is 3. The molecule has 0 rings (SSSR count). The lowest BCUT2D eigenvalue weighted by atomic mass is 10.4. The van der Waals surface area contributed by atoms with Crippen molar-refractivity contribution in [3.05, 3.63) is 12.7 Å². The topological polar surface area (TPSA) is 29.5 Å². The van der Waals surface area contributed by atoms with Crippen LogP contribution in [-0.4, -0.2) is 18.3 Å². The molecule has 1 unspecified atom stereocenters. The molecule has 39 valence electrons. The zero-order valence-electron chi connectivity index (χ0n) is 3.67. The maximum atomic E-state index is 7.89. The van der Waals surface area contributed by atoms with Crippen molar-refractivity contribution in [3.63, 3.8) is 0 Å². The summed E-state index contributed by atoms with van der Waals surface area (Å²) in [7, 11) is 0.527. The van der Waals surface area contributed by atoms with Crippen LogP contribution in [0.5, 0.6) is 0 Å². The maximum Gasteiger partial charge on any atom is 0.486 e. The minimum atomic E-state index is -0.620. The monoisotopic (exact) mass is 119 g/mol. The molecule has 0 heterocycles. The van der Waals surface area contributed by atoms with Gasteiger partial charge in [0.1, 0.15) is 5.56 Å². The Morgan fingerprint density at radius 1 is 2.00 bits per heavy atom. The SMILES string of the molecule is C=CC(Cl)O[B]O. The smallest absolute Gasteiger partial charge is 0.429 e. The largest absolute Gasteiger partial charge is 0.486 e. The van der Waals surface area contributed by atoms with Crippen molar-refractivity contribution in [2.75, 3.05) is 0 Å². The average Bonchev–Trinajstić information content (AvgIpc) is 1.68. The fraction of sp³-hybridized carbons (Fsp3) is 0.333. The van der Waals surface area contributed by atoms with Gasteiger partial charge in [0.15, 0.2) is 0 Å². The minimum absolute atomic E-state index is 0.527. The molecule has 4 heteroatoms. The summed E-state index contributed by atoms with van der Waals surface area (Å²) in [6, 6.07) is 0. The van der Waals surface area contributed by atoms with Gasteiger partial charge in [-0.15, -0.1) is 0 Å². The summed E-state index contributed by atoms with van der Waals surface area (Å²) in [5, 5.41) is 7.89. The first-order chi connectivity index (χ1) is 3.31. The Balaban J connectivity index is 2.98. The van der Waals surface area contributed by atoms with Gasteiger partial charge in [0, 0.05) is 0 Å². The van der Waals surface area contributed by atoms with Crippen LogP contribution in [0.2, 0.25) is 0 Å². The van der Waals surface area contributed by atoms with E-state index in [1.807, 2.05) is 0 Å². The van der Waals surface area contributed by atoms with Crippen LogP contribution in [0, 0.1) is 0 Å². The van der Waals surface area contributed by atoms with Crippen LogP contribution in [0.3, 0.4) is 0 Å². The van der Waals surface area contributed by atoms with Gasteiger partial charge in [-0.2, -0.15) is 0 Å². The molecule has 1 N–H and O–H groups in total. The van der Waals surface area contributed by atoms with Crippen LogP contribution in [0.15, 0.2) is 12.7 Å². The minimum Gasteiger partial charge on any atom is -0.429 e. The lowest BCUT2D eigenvalue weighted by Crippen LogP contribution is -2.04. The molecule has 1 radical (unpaired) electrons. The van der Waals surface area contributed by atoms with E-state index in [1.165, 1.54) is 6.08 Å². The quantitative estimate of drug-likeness (QED) is 0.328. The van der Waals surface area contributed by atoms with Gasteiger partial charge >= 0.3 is 7.69 Å². The van der Waals surface area contributed by atoms with E-state index in [0.717, 1.165) is 0 Å². The molecular weight excluding hydrogens is 114 g/mol. The molecular formula is C3H5BClO2. The van der Waals surface area contributed by atoms with Gasteiger partial charge in [0.25, 0.3) is 0 Å². The lowest BCUT2D eigenvalue weighted by molar-refractivity contribution is 0.291. The molecule has 2 nitrogen and oxygen atoms in total. The lowest BCUT2D eigenvalue weighted by Gasteiger charge is -1.97. The van der Waals surface area contributed by atoms with Crippen molar-refractivity contribution in [2.45, 2.75) is 5.56 Å². The third-order valence-electron chi connectivity index (χ3n) is 0.376.